The van der Waals surface area contributed by atoms with E-state index >= 15 is 0 Å². The molecule has 1 saturated heterocycles. The highest BCUT2D eigenvalue weighted by atomic mass is 79.9. The van der Waals surface area contributed by atoms with Gasteiger partial charge < -0.3 is 4.74 Å². The first-order chi connectivity index (χ1) is 8.58. The summed E-state index contributed by atoms with van der Waals surface area (Å²) in [5, 5.41) is 0. The molecule has 1 aromatic rings. The topological polar surface area (TPSA) is 55.4 Å². The molecule has 1 unspecified atom stereocenters. The zero-order chi connectivity index (χ0) is 13.0. The highest BCUT2D eigenvalue weighted by Crippen LogP contribution is 2.16. The minimum atomic E-state index is -3.40. The molecule has 0 spiro atoms. The van der Waals surface area contributed by atoms with Gasteiger partial charge >= 0.3 is 0 Å². The Kier molecular flexibility index (Phi) is 4.77. The number of hydrogen-bond donors (Lipinski definition) is 1. The molecule has 0 aromatic heterocycles. The molecular formula is C12H16BrNO3S. The van der Waals surface area contributed by atoms with Crippen LogP contribution in [-0.2, 0) is 14.8 Å². The van der Waals surface area contributed by atoms with Crippen LogP contribution >= 0.6 is 15.9 Å². The summed E-state index contributed by atoms with van der Waals surface area (Å²) in [6.07, 6.45) is 3.04. The lowest BCUT2D eigenvalue weighted by Gasteiger charge is -2.10. The van der Waals surface area contributed by atoms with Crippen LogP contribution in [-0.4, -0.2) is 27.7 Å². The fourth-order valence-corrected chi connectivity index (χ4v) is 3.24. The molecule has 1 aromatic carbocycles. The van der Waals surface area contributed by atoms with Gasteiger partial charge in [-0.1, -0.05) is 15.9 Å². The van der Waals surface area contributed by atoms with Gasteiger partial charge in [0.25, 0.3) is 0 Å². The van der Waals surface area contributed by atoms with E-state index in [4.69, 9.17) is 4.74 Å². The van der Waals surface area contributed by atoms with Crippen molar-refractivity contribution in [2.75, 3.05) is 13.2 Å². The lowest BCUT2D eigenvalue weighted by molar-refractivity contribution is 0.105. The van der Waals surface area contributed by atoms with E-state index in [9.17, 15) is 8.42 Å². The van der Waals surface area contributed by atoms with Crippen molar-refractivity contribution in [3.05, 3.63) is 28.7 Å². The number of hydrogen-bond acceptors (Lipinski definition) is 3. The first-order valence-corrected chi connectivity index (χ1v) is 8.22. The maximum atomic E-state index is 12.0. The van der Waals surface area contributed by atoms with Gasteiger partial charge in [-0.15, -0.1) is 0 Å². The Balaban J connectivity index is 1.88. The van der Waals surface area contributed by atoms with E-state index in [1.54, 1.807) is 24.3 Å². The number of rotatable bonds is 5. The standard InChI is InChI=1S/C12H16BrNO3S/c13-10-3-5-12(6-4-10)18(15,16)14-8-7-11-2-1-9-17-11/h3-6,11,14H,1-2,7-9H2. The molecule has 2 rings (SSSR count). The maximum Gasteiger partial charge on any atom is 0.240 e. The van der Waals surface area contributed by atoms with Gasteiger partial charge in [0, 0.05) is 17.6 Å². The molecule has 1 atom stereocenters. The molecular weight excluding hydrogens is 318 g/mol. The molecule has 18 heavy (non-hydrogen) atoms. The number of halogens is 1. The van der Waals surface area contributed by atoms with E-state index in [1.807, 2.05) is 0 Å². The normalized spacial score (nSPS) is 20.2. The molecule has 1 aliphatic rings. The van der Waals surface area contributed by atoms with Crippen LogP contribution in [0.5, 0.6) is 0 Å². The van der Waals surface area contributed by atoms with E-state index in [0.29, 0.717) is 6.54 Å². The molecule has 1 fully saturated rings. The molecule has 1 heterocycles. The van der Waals surface area contributed by atoms with Crippen LogP contribution in [0.25, 0.3) is 0 Å². The van der Waals surface area contributed by atoms with Gasteiger partial charge in [0.15, 0.2) is 0 Å². The number of ether oxygens (including phenoxy) is 1. The second kappa shape index (κ2) is 6.14. The Hall–Kier alpha value is -0.430. The molecule has 4 nitrogen and oxygen atoms in total. The van der Waals surface area contributed by atoms with Crippen molar-refractivity contribution in [2.45, 2.75) is 30.3 Å². The second-order valence-electron chi connectivity index (χ2n) is 4.28. The average Bonchev–Trinajstić information content (AvgIpc) is 2.82. The zero-order valence-electron chi connectivity index (χ0n) is 9.93. The van der Waals surface area contributed by atoms with Crippen molar-refractivity contribution < 1.29 is 13.2 Å². The van der Waals surface area contributed by atoms with Crippen molar-refractivity contribution in [2.24, 2.45) is 0 Å². The molecule has 0 radical (unpaired) electrons. The Bertz CT molecular complexity index is 481. The fourth-order valence-electron chi connectivity index (χ4n) is 1.92. The highest BCUT2D eigenvalue weighted by molar-refractivity contribution is 9.10. The van der Waals surface area contributed by atoms with Gasteiger partial charge in [-0.2, -0.15) is 0 Å². The molecule has 0 aliphatic carbocycles. The first-order valence-electron chi connectivity index (χ1n) is 5.95. The van der Waals surface area contributed by atoms with E-state index in [1.165, 1.54) is 0 Å². The van der Waals surface area contributed by atoms with E-state index in [0.717, 1.165) is 30.3 Å². The number of benzene rings is 1. The molecule has 100 valence electrons. The van der Waals surface area contributed by atoms with Crippen molar-refractivity contribution in [1.82, 2.24) is 4.72 Å². The third-order valence-electron chi connectivity index (χ3n) is 2.91. The summed E-state index contributed by atoms with van der Waals surface area (Å²) < 4.78 is 32.8. The lowest BCUT2D eigenvalue weighted by atomic mass is 10.2. The predicted octanol–water partition coefficient (Wildman–Crippen LogP) is 2.30. The van der Waals surface area contributed by atoms with Gasteiger partial charge in [-0.05, 0) is 43.5 Å². The smallest absolute Gasteiger partial charge is 0.240 e. The largest absolute Gasteiger partial charge is 0.378 e. The highest BCUT2D eigenvalue weighted by Gasteiger charge is 2.17. The minimum absolute atomic E-state index is 0.206. The van der Waals surface area contributed by atoms with Crippen molar-refractivity contribution in [3.63, 3.8) is 0 Å². The summed E-state index contributed by atoms with van der Waals surface area (Å²) in [4.78, 5) is 0.290. The second-order valence-corrected chi connectivity index (χ2v) is 6.96. The first kappa shape index (κ1) is 14.0. The minimum Gasteiger partial charge on any atom is -0.378 e. The molecule has 6 heteroatoms. The van der Waals surface area contributed by atoms with Gasteiger partial charge in [0.2, 0.25) is 10.0 Å². The van der Waals surface area contributed by atoms with Crippen LogP contribution in [0.2, 0.25) is 0 Å². The van der Waals surface area contributed by atoms with Crippen LogP contribution in [0.15, 0.2) is 33.6 Å². The molecule has 0 bridgehead atoms. The predicted molar refractivity (Wildman–Crippen MR) is 72.9 cm³/mol. The van der Waals surface area contributed by atoms with Crippen LogP contribution < -0.4 is 4.72 Å². The molecule has 1 N–H and O–H groups in total. The van der Waals surface area contributed by atoms with Gasteiger partial charge in [0.1, 0.15) is 0 Å². The van der Waals surface area contributed by atoms with Crippen LogP contribution in [0.1, 0.15) is 19.3 Å². The maximum absolute atomic E-state index is 12.0. The van der Waals surface area contributed by atoms with E-state index in [-0.39, 0.29) is 11.0 Å². The van der Waals surface area contributed by atoms with Crippen LogP contribution in [0.4, 0.5) is 0 Å². The van der Waals surface area contributed by atoms with Crippen LogP contribution in [0, 0.1) is 0 Å². The van der Waals surface area contributed by atoms with Gasteiger partial charge in [0.05, 0.1) is 11.0 Å². The summed E-state index contributed by atoms with van der Waals surface area (Å²) in [6.45, 7) is 1.22. The summed E-state index contributed by atoms with van der Waals surface area (Å²) in [5.74, 6) is 0. The van der Waals surface area contributed by atoms with Crippen molar-refractivity contribution in [1.29, 1.82) is 0 Å². The summed E-state index contributed by atoms with van der Waals surface area (Å²) >= 11 is 3.28. The van der Waals surface area contributed by atoms with E-state index in [2.05, 4.69) is 20.7 Å². The Morgan fingerprint density at radius 3 is 2.67 bits per heavy atom. The fraction of sp³-hybridized carbons (Fsp3) is 0.500. The summed E-state index contributed by atoms with van der Waals surface area (Å²) in [5.41, 5.74) is 0. The van der Waals surface area contributed by atoms with Gasteiger partial charge in [-0.25, -0.2) is 13.1 Å². The molecule has 0 saturated carbocycles. The third-order valence-corrected chi connectivity index (χ3v) is 4.91. The molecule has 1 aliphatic heterocycles. The zero-order valence-corrected chi connectivity index (χ0v) is 12.3. The monoisotopic (exact) mass is 333 g/mol. The average molecular weight is 334 g/mol. The van der Waals surface area contributed by atoms with Crippen LogP contribution in [0.3, 0.4) is 0 Å². The lowest BCUT2D eigenvalue weighted by Crippen LogP contribution is -2.27. The Labute approximate surface area is 116 Å². The number of sulfonamides is 1. The van der Waals surface area contributed by atoms with Crippen molar-refractivity contribution in [3.8, 4) is 0 Å². The Morgan fingerprint density at radius 2 is 2.06 bits per heavy atom. The third kappa shape index (κ3) is 3.78. The van der Waals surface area contributed by atoms with E-state index < -0.39 is 10.0 Å². The SMILES string of the molecule is O=S(=O)(NCCC1CCCO1)c1ccc(Br)cc1. The Morgan fingerprint density at radius 1 is 1.33 bits per heavy atom. The summed E-state index contributed by atoms with van der Waals surface area (Å²) in [7, 11) is -3.40. The summed E-state index contributed by atoms with van der Waals surface area (Å²) in [6, 6.07) is 6.60. The quantitative estimate of drug-likeness (QED) is 0.899. The van der Waals surface area contributed by atoms with Gasteiger partial charge in [-0.3, -0.25) is 0 Å². The van der Waals surface area contributed by atoms with Crippen molar-refractivity contribution >= 4 is 26.0 Å². The number of nitrogens with one attached hydrogen (secondary N) is 1. The molecule has 0 amide bonds.